The van der Waals surface area contributed by atoms with E-state index < -0.39 is 10.8 Å². The van der Waals surface area contributed by atoms with Crippen molar-refractivity contribution in [1.29, 1.82) is 0 Å². The van der Waals surface area contributed by atoms with Gasteiger partial charge in [0.05, 0.1) is 4.92 Å². The van der Waals surface area contributed by atoms with Gasteiger partial charge < -0.3 is 10.6 Å². The van der Waals surface area contributed by atoms with Gasteiger partial charge in [-0.15, -0.1) is 0 Å². The summed E-state index contributed by atoms with van der Waals surface area (Å²) in [5, 5.41) is 10.8. The summed E-state index contributed by atoms with van der Waals surface area (Å²) < 4.78 is 0. The molecule has 0 saturated carbocycles. The minimum absolute atomic E-state index is 0.0452. The lowest BCUT2D eigenvalue weighted by atomic mass is 10.1. The molecule has 2 N–H and O–H groups in total. The maximum absolute atomic E-state index is 11.9. The third-order valence-electron chi connectivity index (χ3n) is 2.47. The predicted octanol–water partition coefficient (Wildman–Crippen LogP) is 0.426. The summed E-state index contributed by atoms with van der Waals surface area (Å²) in [6.45, 7) is 0.797. The molecule has 7 nitrogen and oxygen atoms in total. The lowest BCUT2D eigenvalue weighted by Crippen LogP contribution is -2.57. The third kappa shape index (κ3) is 2.20. The fourth-order valence-electron chi connectivity index (χ4n) is 1.59. The highest BCUT2D eigenvalue weighted by atomic mass is 35.5. The van der Waals surface area contributed by atoms with Crippen molar-refractivity contribution >= 4 is 23.2 Å². The number of carbonyl (C=O) groups is 1. The fourth-order valence-corrected chi connectivity index (χ4v) is 1.75. The highest BCUT2D eigenvalue weighted by molar-refractivity contribution is 6.29. The van der Waals surface area contributed by atoms with Crippen LogP contribution in [0.4, 0.5) is 5.69 Å². The van der Waals surface area contributed by atoms with Gasteiger partial charge in [0.25, 0.3) is 11.6 Å². The van der Waals surface area contributed by atoms with Gasteiger partial charge in [0.2, 0.25) is 0 Å². The molecular weight excluding hydrogens is 248 g/mol. The summed E-state index contributed by atoms with van der Waals surface area (Å²) in [5.41, 5.74) is 5.15. The maximum atomic E-state index is 11.9. The summed E-state index contributed by atoms with van der Waals surface area (Å²) in [6.07, 6.45) is 0.981. The van der Waals surface area contributed by atoms with Crippen LogP contribution in [0.15, 0.2) is 12.3 Å². The van der Waals surface area contributed by atoms with Gasteiger partial charge in [-0.1, -0.05) is 11.6 Å². The lowest BCUT2D eigenvalue weighted by Gasteiger charge is -2.36. The quantitative estimate of drug-likeness (QED) is 0.469. The monoisotopic (exact) mass is 256 g/mol. The van der Waals surface area contributed by atoms with Gasteiger partial charge >= 0.3 is 0 Å². The first-order valence-electron chi connectivity index (χ1n) is 4.84. The number of nitrogens with two attached hydrogens (primary N) is 1. The van der Waals surface area contributed by atoms with Crippen LogP contribution in [-0.4, -0.2) is 39.8 Å². The Labute approximate surface area is 101 Å². The Bertz CT molecular complexity index is 487. The number of carbonyl (C=O) groups excluding carboxylic acids is 1. The second kappa shape index (κ2) is 4.27. The number of hydrogen-bond donors (Lipinski definition) is 1. The minimum atomic E-state index is -0.656. The molecule has 1 aromatic heterocycles. The summed E-state index contributed by atoms with van der Waals surface area (Å²) in [6, 6.07) is 1.14. The molecule has 0 unspecified atom stereocenters. The van der Waals surface area contributed by atoms with Crippen LogP contribution in [0.5, 0.6) is 0 Å². The molecule has 0 aromatic carbocycles. The molecule has 0 atom stereocenters. The predicted molar refractivity (Wildman–Crippen MR) is 59.8 cm³/mol. The van der Waals surface area contributed by atoms with Crippen molar-refractivity contribution in [2.24, 2.45) is 5.73 Å². The summed E-state index contributed by atoms with van der Waals surface area (Å²) in [5.74, 6) is -0.442. The van der Waals surface area contributed by atoms with Crippen molar-refractivity contribution in [3.63, 3.8) is 0 Å². The van der Waals surface area contributed by atoms with Crippen molar-refractivity contribution in [2.75, 3.05) is 13.1 Å². The zero-order chi connectivity index (χ0) is 12.6. The van der Waals surface area contributed by atoms with Gasteiger partial charge in [0, 0.05) is 19.1 Å². The van der Waals surface area contributed by atoms with E-state index >= 15 is 0 Å². The van der Waals surface area contributed by atoms with E-state index in [1.165, 1.54) is 11.0 Å². The number of likely N-dealkylation sites (tertiary alicyclic amines) is 1. The van der Waals surface area contributed by atoms with Crippen LogP contribution in [0, 0.1) is 10.1 Å². The molecule has 1 aliphatic heterocycles. The molecular formula is C9H9ClN4O3. The van der Waals surface area contributed by atoms with Crippen molar-refractivity contribution in [3.05, 3.63) is 33.1 Å². The van der Waals surface area contributed by atoms with Crippen molar-refractivity contribution in [3.8, 4) is 0 Å². The third-order valence-corrected chi connectivity index (χ3v) is 2.68. The van der Waals surface area contributed by atoms with E-state index in [2.05, 4.69) is 4.98 Å². The lowest BCUT2D eigenvalue weighted by molar-refractivity contribution is -0.385. The van der Waals surface area contributed by atoms with Crippen LogP contribution in [0.3, 0.4) is 0 Å². The van der Waals surface area contributed by atoms with Crippen molar-refractivity contribution in [2.45, 2.75) is 6.04 Å². The number of pyridine rings is 1. The molecule has 2 heterocycles. The van der Waals surface area contributed by atoms with Gasteiger partial charge in [-0.25, -0.2) is 4.98 Å². The fraction of sp³-hybridized carbons (Fsp3) is 0.333. The van der Waals surface area contributed by atoms with E-state index in [0.717, 1.165) is 6.20 Å². The summed E-state index contributed by atoms with van der Waals surface area (Å²) >= 11 is 5.63. The summed E-state index contributed by atoms with van der Waals surface area (Å²) in [4.78, 5) is 27.1. The Morgan fingerprint density at radius 2 is 2.29 bits per heavy atom. The molecule has 1 aliphatic rings. The standard InChI is InChI=1S/C9H9ClN4O3/c10-8-1-6(7(2-12-8)14(16)17)9(15)13-3-5(11)4-13/h1-2,5H,3-4,11H2. The van der Waals surface area contributed by atoms with Crippen LogP contribution < -0.4 is 5.73 Å². The molecule has 17 heavy (non-hydrogen) atoms. The van der Waals surface area contributed by atoms with Gasteiger partial charge in [-0.05, 0) is 6.07 Å². The number of halogens is 1. The Balaban J connectivity index is 2.33. The zero-order valence-corrected chi connectivity index (χ0v) is 9.42. The van der Waals surface area contributed by atoms with E-state index in [-0.39, 0.29) is 22.4 Å². The van der Waals surface area contributed by atoms with Crippen molar-refractivity contribution < 1.29 is 9.72 Å². The Morgan fingerprint density at radius 1 is 1.65 bits per heavy atom. The maximum Gasteiger partial charge on any atom is 0.300 e. The minimum Gasteiger partial charge on any atom is -0.335 e. The molecule has 8 heteroatoms. The van der Waals surface area contributed by atoms with E-state index in [9.17, 15) is 14.9 Å². The number of nitro groups is 1. The molecule has 1 fully saturated rings. The molecule has 0 bridgehead atoms. The van der Waals surface area contributed by atoms with Gasteiger partial charge in [-0.2, -0.15) is 0 Å². The number of aromatic nitrogens is 1. The van der Waals surface area contributed by atoms with E-state index in [1.54, 1.807) is 0 Å². The van der Waals surface area contributed by atoms with E-state index in [0.29, 0.717) is 13.1 Å². The average molecular weight is 257 g/mol. The normalized spacial score (nSPS) is 15.5. The van der Waals surface area contributed by atoms with E-state index in [4.69, 9.17) is 17.3 Å². The Hall–Kier alpha value is -1.73. The van der Waals surface area contributed by atoms with Crippen molar-refractivity contribution in [1.82, 2.24) is 9.88 Å². The first-order chi connectivity index (χ1) is 7.99. The molecule has 1 saturated heterocycles. The molecule has 2 rings (SSSR count). The Morgan fingerprint density at radius 3 is 2.82 bits per heavy atom. The van der Waals surface area contributed by atoms with Crippen LogP contribution in [0.25, 0.3) is 0 Å². The molecule has 0 radical (unpaired) electrons. The number of nitrogens with zero attached hydrogens (tertiary/aromatic N) is 3. The number of amides is 1. The first kappa shape index (κ1) is 11.7. The molecule has 90 valence electrons. The number of rotatable bonds is 2. The van der Waals surface area contributed by atoms with Crippen LogP contribution in [0.1, 0.15) is 10.4 Å². The number of hydrogen-bond acceptors (Lipinski definition) is 5. The van der Waals surface area contributed by atoms with Crippen LogP contribution in [-0.2, 0) is 0 Å². The summed E-state index contributed by atoms with van der Waals surface area (Å²) in [7, 11) is 0. The highest BCUT2D eigenvalue weighted by Gasteiger charge is 2.32. The molecule has 0 aliphatic carbocycles. The highest BCUT2D eigenvalue weighted by Crippen LogP contribution is 2.23. The topological polar surface area (TPSA) is 102 Å². The Kier molecular flexibility index (Phi) is 2.95. The van der Waals surface area contributed by atoms with Gasteiger partial charge in [-0.3, -0.25) is 14.9 Å². The van der Waals surface area contributed by atoms with Crippen LogP contribution >= 0.6 is 11.6 Å². The second-order valence-electron chi connectivity index (χ2n) is 3.75. The van der Waals surface area contributed by atoms with Gasteiger partial charge in [0.15, 0.2) is 0 Å². The van der Waals surface area contributed by atoms with E-state index in [1.807, 2.05) is 0 Å². The average Bonchev–Trinajstić information content (AvgIpc) is 2.23. The SMILES string of the molecule is NC1CN(C(=O)c2cc(Cl)ncc2[N+](=O)[O-])C1. The van der Waals surface area contributed by atoms with Gasteiger partial charge in [0.1, 0.15) is 16.9 Å². The second-order valence-corrected chi connectivity index (χ2v) is 4.14. The molecule has 1 amide bonds. The molecule has 1 aromatic rings. The first-order valence-corrected chi connectivity index (χ1v) is 5.21. The smallest absolute Gasteiger partial charge is 0.300 e. The molecule has 0 spiro atoms. The zero-order valence-electron chi connectivity index (χ0n) is 8.67. The largest absolute Gasteiger partial charge is 0.335 e. The van der Waals surface area contributed by atoms with Crippen LogP contribution in [0.2, 0.25) is 5.15 Å².